The fourth-order valence-corrected chi connectivity index (χ4v) is 2.83. The van der Waals surface area contributed by atoms with Gasteiger partial charge in [0.25, 0.3) is 0 Å². The van der Waals surface area contributed by atoms with Crippen molar-refractivity contribution >= 4 is 6.09 Å². The summed E-state index contributed by atoms with van der Waals surface area (Å²) in [5.74, 6) is 0. The zero-order valence-corrected chi connectivity index (χ0v) is 15.6. The van der Waals surface area contributed by atoms with Crippen molar-refractivity contribution in [2.24, 2.45) is 10.8 Å². The molecule has 0 aromatic heterocycles. The number of hydrazine groups is 1. The van der Waals surface area contributed by atoms with Gasteiger partial charge in [-0.15, -0.1) is 6.58 Å². The molecule has 0 saturated carbocycles. The maximum atomic E-state index is 11.6. The summed E-state index contributed by atoms with van der Waals surface area (Å²) >= 11 is 0. The van der Waals surface area contributed by atoms with Crippen molar-refractivity contribution in [3.8, 4) is 0 Å². The van der Waals surface area contributed by atoms with E-state index in [1.165, 1.54) is 12.8 Å². The fraction of sp³-hybridized carbons (Fsp3) is 0.833. The Labute approximate surface area is 137 Å². The van der Waals surface area contributed by atoms with Crippen LogP contribution in [0.4, 0.5) is 4.79 Å². The third-order valence-corrected chi connectivity index (χ3v) is 3.38. The number of amides is 1. The Bertz CT molecular complexity index is 355. The largest absolute Gasteiger partial charge is 0.443 e. The second-order valence-electron chi connectivity index (χ2n) is 8.67. The second kappa shape index (κ2) is 8.56. The first-order valence-electron chi connectivity index (χ1n) is 8.20. The highest BCUT2D eigenvalue weighted by molar-refractivity contribution is 5.66. The molecule has 22 heavy (non-hydrogen) atoms. The minimum atomic E-state index is -0.478. The van der Waals surface area contributed by atoms with E-state index in [1.807, 2.05) is 26.8 Å². The average molecular weight is 312 g/mol. The van der Waals surface area contributed by atoms with Crippen LogP contribution in [0.3, 0.4) is 0 Å². The molecule has 0 aliphatic carbocycles. The smallest absolute Gasteiger partial charge is 0.422 e. The quantitative estimate of drug-likeness (QED) is 0.365. The predicted molar refractivity (Wildman–Crippen MR) is 93.6 cm³/mol. The molecule has 0 saturated heterocycles. The number of rotatable bonds is 9. The molecule has 0 unspecified atom stereocenters. The second-order valence-corrected chi connectivity index (χ2v) is 8.67. The van der Waals surface area contributed by atoms with E-state index in [1.54, 1.807) is 0 Å². The summed E-state index contributed by atoms with van der Waals surface area (Å²) in [6.07, 6.45) is 6.06. The number of unbranched alkanes of at least 4 members (excludes halogenated alkanes) is 1. The topological polar surface area (TPSA) is 50.4 Å². The maximum Gasteiger partial charge on any atom is 0.422 e. The van der Waals surface area contributed by atoms with Crippen molar-refractivity contribution in [2.45, 2.75) is 79.8 Å². The number of nitrogens with one attached hydrogen (secondary N) is 2. The van der Waals surface area contributed by atoms with Gasteiger partial charge in [0, 0.05) is 6.54 Å². The lowest BCUT2D eigenvalue weighted by Gasteiger charge is -2.35. The molecule has 0 aromatic rings. The van der Waals surface area contributed by atoms with E-state index >= 15 is 0 Å². The number of hydrogen-bond acceptors (Lipinski definition) is 3. The molecule has 4 heteroatoms. The zero-order chi connectivity index (χ0) is 17.4. The van der Waals surface area contributed by atoms with Crippen molar-refractivity contribution in [1.82, 2.24) is 10.9 Å². The van der Waals surface area contributed by atoms with Gasteiger partial charge < -0.3 is 4.74 Å². The van der Waals surface area contributed by atoms with Gasteiger partial charge in [0.2, 0.25) is 0 Å². The molecular weight excluding hydrogens is 276 g/mol. The number of carbonyl (C=O) groups excluding carboxylic acids is 1. The van der Waals surface area contributed by atoms with E-state index in [0.717, 1.165) is 12.8 Å². The summed E-state index contributed by atoms with van der Waals surface area (Å²) in [5.41, 5.74) is 5.50. The monoisotopic (exact) mass is 312 g/mol. The molecule has 0 fully saturated rings. The van der Waals surface area contributed by atoms with E-state index < -0.39 is 11.7 Å². The molecule has 0 aromatic carbocycles. The number of allylic oxidation sites excluding steroid dienone is 1. The lowest BCUT2D eigenvalue weighted by molar-refractivity contribution is 0.0484. The third-order valence-electron chi connectivity index (χ3n) is 3.38. The SMILES string of the molecule is C=CCCCC(C)(C)CC(C)(C)CNNC(=O)OC(C)(C)C. The number of carbonyl (C=O) groups is 1. The summed E-state index contributed by atoms with van der Waals surface area (Å²) in [4.78, 5) is 11.6. The van der Waals surface area contributed by atoms with E-state index in [4.69, 9.17) is 4.74 Å². The van der Waals surface area contributed by atoms with Gasteiger partial charge in [-0.05, 0) is 57.3 Å². The van der Waals surface area contributed by atoms with Crippen molar-refractivity contribution in [1.29, 1.82) is 0 Å². The van der Waals surface area contributed by atoms with E-state index in [9.17, 15) is 4.79 Å². The third kappa shape index (κ3) is 11.6. The van der Waals surface area contributed by atoms with Crippen molar-refractivity contribution in [3.63, 3.8) is 0 Å². The molecule has 4 nitrogen and oxygen atoms in total. The average Bonchev–Trinajstić information content (AvgIpc) is 2.24. The fourth-order valence-electron chi connectivity index (χ4n) is 2.83. The van der Waals surface area contributed by atoms with Crippen molar-refractivity contribution in [2.75, 3.05) is 6.54 Å². The van der Waals surface area contributed by atoms with Crippen LogP contribution in [-0.4, -0.2) is 18.2 Å². The van der Waals surface area contributed by atoms with E-state index in [-0.39, 0.29) is 10.8 Å². The molecule has 0 heterocycles. The minimum Gasteiger partial charge on any atom is -0.443 e. The molecule has 0 aliphatic heterocycles. The van der Waals surface area contributed by atoms with Crippen LogP contribution in [0, 0.1) is 10.8 Å². The number of ether oxygens (including phenoxy) is 1. The van der Waals surface area contributed by atoms with Gasteiger partial charge in [-0.3, -0.25) is 5.43 Å². The molecule has 1 amide bonds. The first-order valence-corrected chi connectivity index (χ1v) is 8.20. The van der Waals surface area contributed by atoms with Gasteiger partial charge in [0.15, 0.2) is 0 Å². The van der Waals surface area contributed by atoms with Gasteiger partial charge in [-0.2, -0.15) is 0 Å². The highest BCUT2D eigenvalue weighted by Crippen LogP contribution is 2.36. The Balaban J connectivity index is 4.18. The first kappa shape index (κ1) is 21.0. The van der Waals surface area contributed by atoms with Crippen LogP contribution >= 0.6 is 0 Å². The molecule has 0 atom stereocenters. The zero-order valence-electron chi connectivity index (χ0n) is 15.6. The lowest BCUT2D eigenvalue weighted by atomic mass is 9.72. The van der Waals surface area contributed by atoms with Crippen LogP contribution in [0.15, 0.2) is 12.7 Å². The molecule has 2 N–H and O–H groups in total. The summed E-state index contributed by atoms with van der Waals surface area (Å²) in [6, 6.07) is 0. The molecule has 130 valence electrons. The van der Waals surface area contributed by atoms with Crippen LogP contribution in [0.1, 0.15) is 74.1 Å². The van der Waals surface area contributed by atoms with Gasteiger partial charge in [0.05, 0.1) is 0 Å². The standard InChI is InChI=1S/C18H36N2O2/c1-9-10-11-12-17(5,6)13-18(7,8)14-19-20-15(21)22-16(2,3)4/h9,19H,1,10-14H2,2-8H3,(H,20,21). The Morgan fingerprint density at radius 3 is 2.18 bits per heavy atom. The molecular formula is C18H36N2O2. The lowest BCUT2D eigenvalue weighted by Crippen LogP contribution is -2.45. The van der Waals surface area contributed by atoms with Crippen molar-refractivity contribution in [3.05, 3.63) is 12.7 Å². The van der Waals surface area contributed by atoms with Gasteiger partial charge in [-0.1, -0.05) is 33.8 Å². The summed E-state index contributed by atoms with van der Waals surface area (Å²) in [5, 5.41) is 0. The molecule has 0 aliphatic rings. The summed E-state index contributed by atoms with van der Waals surface area (Å²) < 4.78 is 5.20. The molecule has 0 rings (SSSR count). The molecule has 0 spiro atoms. The van der Waals surface area contributed by atoms with Crippen LogP contribution in [0.25, 0.3) is 0 Å². The molecule has 0 bridgehead atoms. The van der Waals surface area contributed by atoms with Gasteiger partial charge in [-0.25, -0.2) is 10.2 Å². The summed E-state index contributed by atoms with van der Waals surface area (Å²) in [7, 11) is 0. The van der Waals surface area contributed by atoms with Crippen LogP contribution in [0.2, 0.25) is 0 Å². The van der Waals surface area contributed by atoms with Gasteiger partial charge in [0.1, 0.15) is 5.60 Å². The first-order chi connectivity index (χ1) is 9.87. The maximum absolute atomic E-state index is 11.6. The highest BCUT2D eigenvalue weighted by atomic mass is 16.6. The Kier molecular flexibility index (Phi) is 8.16. The van der Waals surface area contributed by atoms with Crippen LogP contribution in [0.5, 0.6) is 0 Å². The van der Waals surface area contributed by atoms with E-state index in [0.29, 0.717) is 6.54 Å². The summed E-state index contributed by atoms with van der Waals surface area (Å²) in [6.45, 7) is 19.1. The van der Waals surface area contributed by atoms with Crippen LogP contribution in [-0.2, 0) is 4.74 Å². The van der Waals surface area contributed by atoms with Crippen LogP contribution < -0.4 is 10.9 Å². The molecule has 0 radical (unpaired) electrons. The number of hydrogen-bond donors (Lipinski definition) is 2. The Hall–Kier alpha value is -1.03. The Morgan fingerprint density at radius 1 is 1.09 bits per heavy atom. The Morgan fingerprint density at radius 2 is 1.68 bits per heavy atom. The highest BCUT2D eigenvalue weighted by Gasteiger charge is 2.28. The normalized spacial score (nSPS) is 12.9. The van der Waals surface area contributed by atoms with E-state index in [2.05, 4.69) is 45.1 Å². The predicted octanol–water partition coefficient (Wildman–Crippen LogP) is 4.81. The minimum absolute atomic E-state index is 0.0900. The van der Waals surface area contributed by atoms with Crippen molar-refractivity contribution < 1.29 is 9.53 Å². The van der Waals surface area contributed by atoms with Gasteiger partial charge >= 0.3 is 6.09 Å².